The summed E-state index contributed by atoms with van der Waals surface area (Å²) < 4.78 is 0. The zero-order valence-corrected chi connectivity index (χ0v) is 11.4. The molecule has 5 N–H and O–H groups in total. The molecular weight excluding hydrogens is 254 g/mol. The van der Waals surface area contributed by atoms with Gasteiger partial charge < -0.3 is 16.2 Å². The zero-order valence-electron chi connectivity index (χ0n) is 11.4. The van der Waals surface area contributed by atoms with Crippen molar-refractivity contribution in [2.75, 3.05) is 0 Å². The number of imide groups is 1. The maximum atomic E-state index is 11.5. The normalized spacial score (nSPS) is 11.6. The van der Waals surface area contributed by atoms with Gasteiger partial charge in [0.1, 0.15) is 5.54 Å². The summed E-state index contributed by atoms with van der Waals surface area (Å²) in [4.78, 5) is 44.7. The van der Waals surface area contributed by atoms with Crippen LogP contribution < -0.4 is 16.4 Å². The summed E-state index contributed by atoms with van der Waals surface area (Å²) in [6.07, 6.45) is -0.368. The smallest absolute Gasteiger partial charge is 0.322 e. The summed E-state index contributed by atoms with van der Waals surface area (Å²) in [7, 11) is 0. The number of rotatable bonds is 5. The minimum Gasteiger partial charge on any atom is -0.481 e. The first-order valence-corrected chi connectivity index (χ1v) is 5.54. The van der Waals surface area contributed by atoms with Gasteiger partial charge in [-0.05, 0) is 27.7 Å². The van der Waals surface area contributed by atoms with E-state index in [0.29, 0.717) is 0 Å². The van der Waals surface area contributed by atoms with Crippen LogP contribution in [-0.4, -0.2) is 34.5 Å². The Morgan fingerprint density at radius 1 is 1.11 bits per heavy atom. The van der Waals surface area contributed by atoms with Gasteiger partial charge in [-0.3, -0.25) is 19.7 Å². The van der Waals surface area contributed by atoms with Crippen LogP contribution in [0.15, 0.2) is 0 Å². The Morgan fingerprint density at radius 2 is 1.58 bits per heavy atom. The number of urea groups is 1. The van der Waals surface area contributed by atoms with E-state index in [4.69, 9.17) is 10.8 Å². The predicted molar refractivity (Wildman–Crippen MR) is 66.0 cm³/mol. The zero-order chi connectivity index (χ0) is 15.4. The molecule has 0 aliphatic rings. The quantitative estimate of drug-likeness (QED) is 0.538. The average Bonchev–Trinajstić information content (AvgIpc) is 2.13. The van der Waals surface area contributed by atoms with E-state index in [-0.39, 0.29) is 6.42 Å². The molecule has 0 aromatic carbocycles. The Kier molecular flexibility index (Phi) is 5.05. The van der Waals surface area contributed by atoms with Crippen LogP contribution in [0.25, 0.3) is 0 Å². The second-order valence-corrected chi connectivity index (χ2v) is 5.36. The number of carbonyl (C=O) groups is 4. The number of nitrogens with two attached hydrogens (primary N) is 1. The third-order valence-corrected chi connectivity index (χ3v) is 2.48. The highest BCUT2D eigenvalue weighted by molar-refractivity contribution is 5.98. The van der Waals surface area contributed by atoms with Gasteiger partial charge in [0.25, 0.3) is 0 Å². The molecular formula is C11H19N3O5. The van der Waals surface area contributed by atoms with E-state index in [9.17, 15) is 19.2 Å². The number of primary amides is 1. The maximum absolute atomic E-state index is 11.5. The monoisotopic (exact) mass is 273 g/mol. The molecule has 4 amide bonds. The second-order valence-electron chi connectivity index (χ2n) is 5.36. The van der Waals surface area contributed by atoms with E-state index >= 15 is 0 Å². The van der Waals surface area contributed by atoms with Crippen LogP contribution in [0.1, 0.15) is 34.1 Å². The number of carbonyl (C=O) groups excluding carboxylic acids is 3. The summed E-state index contributed by atoms with van der Waals surface area (Å²) in [6, 6.07) is -0.907. The van der Waals surface area contributed by atoms with Crippen molar-refractivity contribution < 1.29 is 24.3 Å². The molecule has 19 heavy (non-hydrogen) atoms. The molecule has 0 saturated carbocycles. The van der Waals surface area contributed by atoms with E-state index in [0.717, 1.165) is 0 Å². The van der Waals surface area contributed by atoms with Gasteiger partial charge in [-0.15, -0.1) is 0 Å². The maximum Gasteiger partial charge on any atom is 0.322 e. The molecule has 0 aromatic heterocycles. The SMILES string of the molecule is CC(C)(CC(=O)NC(=O)NC(C)(C)C(N)=O)C(=O)O. The number of hydrogen-bond acceptors (Lipinski definition) is 4. The Morgan fingerprint density at radius 3 is 1.95 bits per heavy atom. The van der Waals surface area contributed by atoms with Gasteiger partial charge in [-0.2, -0.15) is 0 Å². The molecule has 0 unspecified atom stereocenters. The van der Waals surface area contributed by atoms with Crippen LogP contribution in [0.2, 0.25) is 0 Å². The minimum absolute atomic E-state index is 0.368. The first-order valence-electron chi connectivity index (χ1n) is 5.54. The van der Waals surface area contributed by atoms with Crippen molar-refractivity contribution in [2.24, 2.45) is 11.1 Å². The summed E-state index contributed by atoms with van der Waals surface area (Å²) in [6.45, 7) is 5.47. The van der Waals surface area contributed by atoms with E-state index in [2.05, 4.69) is 5.32 Å². The van der Waals surface area contributed by atoms with Crippen molar-refractivity contribution in [3.8, 4) is 0 Å². The first kappa shape index (κ1) is 16.9. The Bertz CT molecular complexity index is 377. The highest BCUT2D eigenvalue weighted by atomic mass is 16.4. The molecule has 8 heteroatoms. The van der Waals surface area contributed by atoms with E-state index in [1.807, 2.05) is 5.32 Å². The molecule has 0 aromatic rings. The van der Waals surface area contributed by atoms with E-state index in [1.165, 1.54) is 27.7 Å². The molecule has 0 atom stereocenters. The van der Waals surface area contributed by atoms with Crippen molar-refractivity contribution in [3.05, 3.63) is 0 Å². The third-order valence-electron chi connectivity index (χ3n) is 2.48. The van der Waals surface area contributed by atoms with Crippen LogP contribution in [0, 0.1) is 5.41 Å². The molecule has 0 bridgehead atoms. The van der Waals surface area contributed by atoms with Crippen molar-refractivity contribution in [2.45, 2.75) is 39.7 Å². The fourth-order valence-electron chi connectivity index (χ4n) is 1.02. The largest absolute Gasteiger partial charge is 0.481 e. The number of aliphatic carboxylic acids is 1. The van der Waals surface area contributed by atoms with Gasteiger partial charge in [0.05, 0.1) is 5.41 Å². The van der Waals surface area contributed by atoms with Crippen LogP contribution in [0.3, 0.4) is 0 Å². The standard InChI is InChI=1S/C11H19N3O5/c1-10(2,8(17)18)5-6(15)13-9(19)14-11(3,4)7(12)16/h5H2,1-4H3,(H2,12,16)(H,17,18)(H2,13,14,15,19). The minimum atomic E-state index is -1.31. The number of amides is 4. The summed E-state index contributed by atoms with van der Waals surface area (Å²) >= 11 is 0. The Labute approximate surface area is 110 Å². The van der Waals surface area contributed by atoms with Crippen molar-refractivity contribution in [1.82, 2.24) is 10.6 Å². The van der Waals surface area contributed by atoms with E-state index < -0.39 is 34.8 Å². The fourth-order valence-corrected chi connectivity index (χ4v) is 1.02. The molecule has 108 valence electrons. The predicted octanol–water partition coefficient (Wildman–Crippen LogP) is -0.423. The lowest BCUT2D eigenvalue weighted by atomic mass is 9.89. The van der Waals surface area contributed by atoms with Crippen LogP contribution in [-0.2, 0) is 14.4 Å². The third kappa shape index (κ3) is 5.36. The molecule has 0 saturated heterocycles. The van der Waals surface area contributed by atoms with Crippen LogP contribution in [0.5, 0.6) is 0 Å². The van der Waals surface area contributed by atoms with Crippen LogP contribution in [0.4, 0.5) is 4.79 Å². The lowest BCUT2D eigenvalue weighted by Gasteiger charge is -2.23. The number of carboxylic acid groups (broad SMARTS) is 1. The highest BCUT2D eigenvalue weighted by Gasteiger charge is 2.32. The van der Waals surface area contributed by atoms with E-state index in [1.54, 1.807) is 0 Å². The van der Waals surface area contributed by atoms with Gasteiger partial charge >= 0.3 is 12.0 Å². The molecule has 0 spiro atoms. The van der Waals surface area contributed by atoms with Gasteiger partial charge in [-0.25, -0.2) is 4.79 Å². The number of nitrogens with one attached hydrogen (secondary N) is 2. The van der Waals surface area contributed by atoms with Crippen molar-refractivity contribution >= 4 is 23.8 Å². The highest BCUT2D eigenvalue weighted by Crippen LogP contribution is 2.19. The first-order chi connectivity index (χ1) is 8.38. The summed E-state index contributed by atoms with van der Waals surface area (Å²) in [5.74, 6) is -2.67. The molecule has 0 aliphatic carbocycles. The lowest BCUT2D eigenvalue weighted by Crippen LogP contribution is -2.56. The molecule has 0 heterocycles. The Balaban J connectivity index is 4.48. The molecule has 0 aliphatic heterocycles. The van der Waals surface area contributed by atoms with Gasteiger partial charge in [0.15, 0.2) is 0 Å². The summed E-state index contributed by atoms with van der Waals surface area (Å²) in [5.41, 5.74) is 2.45. The number of hydrogen-bond donors (Lipinski definition) is 4. The molecule has 0 fully saturated rings. The Hall–Kier alpha value is -2.12. The average molecular weight is 273 g/mol. The van der Waals surface area contributed by atoms with Crippen molar-refractivity contribution in [1.29, 1.82) is 0 Å². The second kappa shape index (κ2) is 5.68. The van der Waals surface area contributed by atoms with Gasteiger partial charge in [-0.1, -0.05) is 0 Å². The van der Waals surface area contributed by atoms with Crippen molar-refractivity contribution in [3.63, 3.8) is 0 Å². The number of carboxylic acids is 1. The van der Waals surface area contributed by atoms with Gasteiger partial charge in [0, 0.05) is 6.42 Å². The topological polar surface area (TPSA) is 139 Å². The van der Waals surface area contributed by atoms with Gasteiger partial charge in [0.2, 0.25) is 11.8 Å². The molecule has 0 radical (unpaired) electrons. The molecule has 8 nitrogen and oxygen atoms in total. The van der Waals surface area contributed by atoms with Crippen LogP contribution >= 0.6 is 0 Å². The molecule has 0 rings (SSSR count). The lowest BCUT2D eigenvalue weighted by molar-refractivity contribution is -0.149. The fraction of sp³-hybridized carbons (Fsp3) is 0.636. The summed E-state index contributed by atoms with van der Waals surface area (Å²) in [5, 5.41) is 13.0.